The van der Waals surface area contributed by atoms with Crippen LogP contribution in [0.4, 0.5) is 0 Å². The van der Waals surface area contributed by atoms with Crippen molar-refractivity contribution in [2.75, 3.05) is 0 Å². The zero-order chi connectivity index (χ0) is 14.8. The van der Waals surface area contributed by atoms with Gasteiger partial charge in [0.1, 0.15) is 6.04 Å². The standard InChI is InChI=1S/C20H16N2/c1-3-9-16(10-4-1)20(17-11-5-2-6-12-17)22-15-18-13-7-8-14-19(18)21-22/h1-15,20H. The average Bonchev–Trinajstić information content (AvgIpc) is 3.00. The lowest BCUT2D eigenvalue weighted by molar-refractivity contribution is 0.602. The molecule has 4 aromatic rings. The maximum Gasteiger partial charge on any atom is 0.102 e. The van der Waals surface area contributed by atoms with Gasteiger partial charge in [-0.15, -0.1) is 0 Å². The molecule has 0 saturated heterocycles. The Kier molecular flexibility index (Phi) is 3.20. The first-order chi connectivity index (χ1) is 10.9. The van der Waals surface area contributed by atoms with Crippen LogP contribution in [0.15, 0.2) is 91.1 Å². The van der Waals surface area contributed by atoms with Gasteiger partial charge in [-0.1, -0.05) is 78.9 Å². The van der Waals surface area contributed by atoms with Crippen molar-refractivity contribution in [3.8, 4) is 0 Å². The van der Waals surface area contributed by atoms with Crippen molar-refractivity contribution >= 4 is 10.9 Å². The van der Waals surface area contributed by atoms with E-state index in [1.54, 1.807) is 0 Å². The van der Waals surface area contributed by atoms with Crippen molar-refractivity contribution < 1.29 is 0 Å². The van der Waals surface area contributed by atoms with Gasteiger partial charge in [-0.2, -0.15) is 5.10 Å². The summed E-state index contributed by atoms with van der Waals surface area (Å²) in [6.07, 6.45) is 2.12. The van der Waals surface area contributed by atoms with Gasteiger partial charge >= 0.3 is 0 Å². The zero-order valence-corrected chi connectivity index (χ0v) is 12.1. The molecule has 0 aliphatic heterocycles. The van der Waals surface area contributed by atoms with Crippen LogP contribution < -0.4 is 0 Å². The lowest BCUT2D eigenvalue weighted by Gasteiger charge is -2.18. The smallest absolute Gasteiger partial charge is 0.102 e. The van der Waals surface area contributed by atoms with Gasteiger partial charge in [0.2, 0.25) is 0 Å². The average molecular weight is 284 g/mol. The van der Waals surface area contributed by atoms with Gasteiger partial charge in [-0.25, -0.2) is 0 Å². The highest BCUT2D eigenvalue weighted by atomic mass is 15.3. The number of nitrogens with zero attached hydrogens (tertiary/aromatic N) is 2. The summed E-state index contributed by atoms with van der Waals surface area (Å²) >= 11 is 0. The summed E-state index contributed by atoms with van der Waals surface area (Å²) in [6.45, 7) is 0. The Morgan fingerprint density at radius 3 is 1.77 bits per heavy atom. The van der Waals surface area contributed by atoms with Gasteiger partial charge in [0.25, 0.3) is 0 Å². The first-order valence-corrected chi connectivity index (χ1v) is 7.45. The van der Waals surface area contributed by atoms with E-state index in [-0.39, 0.29) is 6.04 Å². The third-order valence-corrected chi connectivity index (χ3v) is 3.93. The molecule has 1 heterocycles. The molecule has 0 unspecified atom stereocenters. The van der Waals surface area contributed by atoms with Crippen LogP contribution in [0.3, 0.4) is 0 Å². The SMILES string of the molecule is c1ccc(C(c2ccccc2)n2cc3ccccc3n2)cc1. The summed E-state index contributed by atoms with van der Waals surface area (Å²) in [5.74, 6) is 0. The maximum atomic E-state index is 4.78. The minimum Gasteiger partial charge on any atom is -0.260 e. The van der Waals surface area contributed by atoms with E-state index in [2.05, 4.69) is 71.5 Å². The van der Waals surface area contributed by atoms with E-state index >= 15 is 0 Å². The largest absolute Gasteiger partial charge is 0.260 e. The van der Waals surface area contributed by atoms with Gasteiger partial charge in [-0.3, -0.25) is 4.68 Å². The lowest BCUT2D eigenvalue weighted by Crippen LogP contribution is -2.12. The molecule has 0 bridgehead atoms. The van der Waals surface area contributed by atoms with Gasteiger partial charge < -0.3 is 0 Å². The summed E-state index contributed by atoms with van der Waals surface area (Å²) in [5, 5.41) is 5.95. The lowest BCUT2D eigenvalue weighted by atomic mass is 9.99. The predicted molar refractivity (Wildman–Crippen MR) is 89.9 cm³/mol. The topological polar surface area (TPSA) is 17.8 Å². The van der Waals surface area contributed by atoms with Crippen LogP contribution in [0.2, 0.25) is 0 Å². The molecule has 1 aromatic heterocycles. The van der Waals surface area contributed by atoms with E-state index in [1.165, 1.54) is 16.5 Å². The van der Waals surface area contributed by atoms with E-state index in [0.717, 1.165) is 5.52 Å². The van der Waals surface area contributed by atoms with Crippen molar-refractivity contribution in [2.24, 2.45) is 0 Å². The van der Waals surface area contributed by atoms with Crippen LogP contribution in [0.5, 0.6) is 0 Å². The molecule has 0 aliphatic rings. The van der Waals surface area contributed by atoms with Crippen molar-refractivity contribution in [3.63, 3.8) is 0 Å². The minimum absolute atomic E-state index is 0.0924. The van der Waals surface area contributed by atoms with Crippen molar-refractivity contribution in [1.29, 1.82) is 0 Å². The molecule has 2 nitrogen and oxygen atoms in total. The van der Waals surface area contributed by atoms with Gasteiger partial charge in [0, 0.05) is 11.6 Å². The normalized spacial score (nSPS) is 11.1. The van der Waals surface area contributed by atoms with E-state index in [0.29, 0.717) is 0 Å². The van der Waals surface area contributed by atoms with Crippen LogP contribution in [0.1, 0.15) is 17.2 Å². The highest BCUT2D eigenvalue weighted by molar-refractivity contribution is 5.77. The van der Waals surface area contributed by atoms with E-state index in [1.807, 2.05) is 24.3 Å². The van der Waals surface area contributed by atoms with Crippen molar-refractivity contribution in [3.05, 3.63) is 102 Å². The first-order valence-electron chi connectivity index (χ1n) is 7.45. The Hall–Kier alpha value is -2.87. The molecule has 2 heteroatoms. The summed E-state index contributed by atoms with van der Waals surface area (Å²) < 4.78 is 2.06. The molecule has 0 atom stereocenters. The van der Waals surface area contributed by atoms with Gasteiger partial charge in [-0.05, 0) is 17.2 Å². The molecule has 0 N–H and O–H groups in total. The number of aromatic nitrogens is 2. The third-order valence-electron chi connectivity index (χ3n) is 3.93. The molecule has 0 amide bonds. The molecule has 0 spiro atoms. The Balaban J connectivity index is 1.90. The molecule has 22 heavy (non-hydrogen) atoms. The monoisotopic (exact) mass is 284 g/mol. The van der Waals surface area contributed by atoms with Crippen molar-refractivity contribution in [2.45, 2.75) is 6.04 Å². The number of rotatable bonds is 3. The second-order valence-electron chi connectivity index (χ2n) is 5.39. The Labute approximate surface area is 129 Å². The number of benzene rings is 3. The molecule has 0 saturated carbocycles. The highest BCUT2D eigenvalue weighted by Crippen LogP contribution is 2.27. The molecule has 0 aliphatic carbocycles. The molecular formula is C20H16N2. The van der Waals surface area contributed by atoms with E-state index in [9.17, 15) is 0 Å². The van der Waals surface area contributed by atoms with E-state index in [4.69, 9.17) is 5.10 Å². The zero-order valence-electron chi connectivity index (χ0n) is 12.1. The molecule has 3 aromatic carbocycles. The molecule has 0 fully saturated rings. The number of hydrogen-bond acceptors (Lipinski definition) is 1. The summed E-state index contributed by atoms with van der Waals surface area (Å²) in [5.41, 5.74) is 3.50. The summed E-state index contributed by atoms with van der Waals surface area (Å²) in [6, 6.07) is 29.4. The maximum absolute atomic E-state index is 4.78. The second-order valence-corrected chi connectivity index (χ2v) is 5.39. The van der Waals surface area contributed by atoms with Gasteiger partial charge in [0.15, 0.2) is 0 Å². The van der Waals surface area contributed by atoms with Crippen LogP contribution >= 0.6 is 0 Å². The summed E-state index contributed by atoms with van der Waals surface area (Å²) in [7, 11) is 0. The van der Waals surface area contributed by atoms with Crippen molar-refractivity contribution in [1.82, 2.24) is 9.78 Å². The van der Waals surface area contributed by atoms with Crippen LogP contribution in [-0.2, 0) is 0 Å². The molecule has 106 valence electrons. The second kappa shape index (κ2) is 5.49. The Morgan fingerprint density at radius 2 is 1.18 bits per heavy atom. The van der Waals surface area contributed by atoms with Gasteiger partial charge in [0.05, 0.1) is 5.52 Å². The fraction of sp³-hybridized carbons (Fsp3) is 0.0500. The predicted octanol–water partition coefficient (Wildman–Crippen LogP) is 4.67. The van der Waals surface area contributed by atoms with E-state index < -0.39 is 0 Å². The minimum atomic E-state index is 0.0924. The fourth-order valence-corrected chi connectivity index (χ4v) is 2.88. The summed E-state index contributed by atoms with van der Waals surface area (Å²) in [4.78, 5) is 0. The van der Waals surface area contributed by atoms with Crippen LogP contribution in [-0.4, -0.2) is 9.78 Å². The number of hydrogen-bond donors (Lipinski definition) is 0. The Bertz CT molecular complexity index is 807. The van der Waals surface area contributed by atoms with Crippen LogP contribution in [0, 0.1) is 0 Å². The third kappa shape index (κ3) is 2.29. The number of fused-ring (bicyclic) bond motifs is 1. The molecule has 0 radical (unpaired) electrons. The fourth-order valence-electron chi connectivity index (χ4n) is 2.88. The van der Waals surface area contributed by atoms with Crippen LogP contribution in [0.25, 0.3) is 10.9 Å². The molecular weight excluding hydrogens is 268 g/mol. The Morgan fingerprint density at radius 1 is 0.636 bits per heavy atom. The first kappa shape index (κ1) is 12.8. The molecule has 4 rings (SSSR count). The highest BCUT2D eigenvalue weighted by Gasteiger charge is 2.17. The quantitative estimate of drug-likeness (QED) is 0.534.